The van der Waals surface area contributed by atoms with E-state index in [0.29, 0.717) is 0 Å². The molecule has 2 aliphatic heterocycles. The second-order valence-corrected chi connectivity index (χ2v) is 11.0. The smallest absolute Gasteiger partial charge is 0.263 e. The number of benzene rings is 6. The lowest BCUT2D eigenvalue weighted by Gasteiger charge is -2.28. The molecule has 0 aliphatic carbocycles. The Morgan fingerprint density at radius 2 is 0.881 bits per heavy atom. The monoisotopic (exact) mass is 538 g/mol. The summed E-state index contributed by atoms with van der Waals surface area (Å²) in [6.07, 6.45) is 0. The number of hydrogen-bond acceptors (Lipinski definition) is 1. The van der Waals surface area contributed by atoms with Gasteiger partial charge in [0, 0.05) is 16.5 Å². The van der Waals surface area contributed by atoms with Gasteiger partial charge in [0.2, 0.25) is 0 Å². The molecule has 0 amide bonds. The molecule has 0 radical (unpaired) electrons. The lowest BCUT2D eigenvalue weighted by molar-refractivity contribution is 1.06. The van der Waals surface area contributed by atoms with Crippen molar-refractivity contribution in [3.63, 3.8) is 0 Å². The Bertz CT molecular complexity index is 2760. The maximum atomic E-state index is 14.2. The molecule has 5 nitrogen and oxygen atoms in total. The first kappa shape index (κ1) is 21.9. The van der Waals surface area contributed by atoms with Crippen LogP contribution in [0.15, 0.2) is 138 Å². The van der Waals surface area contributed by atoms with Crippen molar-refractivity contribution in [2.24, 2.45) is 0 Å². The van der Waals surface area contributed by atoms with Crippen molar-refractivity contribution in [3.05, 3.63) is 144 Å². The molecule has 0 saturated carbocycles. The second-order valence-electron chi connectivity index (χ2n) is 11.0. The van der Waals surface area contributed by atoms with Crippen LogP contribution in [0, 0.1) is 0 Å². The molecule has 0 fully saturated rings. The van der Waals surface area contributed by atoms with Crippen molar-refractivity contribution in [2.75, 3.05) is 0 Å². The molecule has 4 heterocycles. The first-order chi connectivity index (χ1) is 20.8. The Hall–Kier alpha value is -5.81. The highest BCUT2D eigenvalue weighted by molar-refractivity contribution is 6.15. The van der Waals surface area contributed by atoms with E-state index >= 15 is 0 Å². The Morgan fingerprint density at radius 3 is 1.67 bits per heavy atom. The summed E-state index contributed by atoms with van der Waals surface area (Å²) in [5.41, 5.74) is 11.6. The zero-order valence-electron chi connectivity index (χ0n) is 22.4. The summed E-state index contributed by atoms with van der Waals surface area (Å²) < 4.78 is 9.04. The Balaban J connectivity index is 1.59. The number of pyridine rings is 1. The summed E-state index contributed by atoms with van der Waals surface area (Å²) >= 11 is 0. The molecule has 0 saturated heterocycles. The minimum atomic E-state index is 0.00689. The zero-order chi connectivity index (χ0) is 27.5. The minimum Gasteiger partial charge on any atom is -0.306 e. The van der Waals surface area contributed by atoms with Gasteiger partial charge in [0.15, 0.2) is 0 Å². The van der Waals surface area contributed by atoms with Crippen LogP contribution >= 0.6 is 0 Å². The van der Waals surface area contributed by atoms with Gasteiger partial charge in [0.1, 0.15) is 0 Å². The SMILES string of the molecule is O=c1c2ccccc2c2cccc3c2n1c1cccc2c1-n3c1cccc3c1n2c1ccccc1n3-c1ccccc1. The summed E-state index contributed by atoms with van der Waals surface area (Å²) in [6.45, 7) is 0. The Morgan fingerprint density at radius 1 is 0.357 bits per heavy atom. The van der Waals surface area contributed by atoms with Gasteiger partial charge in [-0.25, -0.2) is 0 Å². The fourth-order valence-electron chi connectivity index (χ4n) is 7.31. The summed E-state index contributed by atoms with van der Waals surface area (Å²) in [5, 5.41) is 2.78. The number of fused-ring (bicyclic) bond motifs is 8. The lowest BCUT2D eigenvalue weighted by Crippen LogP contribution is -2.21. The van der Waals surface area contributed by atoms with Crippen molar-refractivity contribution < 1.29 is 0 Å². The molecular formula is C37H22N4O. The number of rotatable bonds is 1. The molecule has 8 aromatic rings. The quantitative estimate of drug-likeness (QED) is 0.153. The highest BCUT2D eigenvalue weighted by Crippen LogP contribution is 2.40. The van der Waals surface area contributed by atoms with Crippen LogP contribution in [0.25, 0.3) is 77.2 Å². The number of nitrogens with zero attached hydrogens (tertiary/aromatic N) is 4. The van der Waals surface area contributed by atoms with Gasteiger partial charge in [-0.2, -0.15) is 0 Å². The molecule has 0 atom stereocenters. The molecule has 42 heavy (non-hydrogen) atoms. The summed E-state index contributed by atoms with van der Waals surface area (Å²) in [6, 6.07) is 46.4. The third kappa shape index (κ3) is 2.52. The van der Waals surface area contributed by atoms with Gasteiger partial charge in [-0.3, -0.25) is 9.20 Å². The van der Waals surface area contributed by atoms with Crippen molar-refractivity contribution in [3.8, 4) is 11.4 Å². The van der Waals surface area contributed by atoms with Gasteiger partial charge in [-0.05, 0) is 66.0 Å². The average Bonchev–Trinajstić information content (AvgIpc) is 3.05. The zero-order valence-corrected chi connectivity index (χ0v) is 22.4. The van der Waals surface area contributed by atoms with Crippen LogP contribution in [0.4, 0.5) is 0 Å². The van der Waals surface area contributed by atoms with E-state index in [4.69, 9.17) is 0 Å². The van der Waals surface area contributed by atoms with Gasteiger partial charge in [0.05, 0.1) is 55.3 Å². The Kier molecular flexibility index (Phi) is 4.01. The van der Waals surface area contributed by atoms with Crippen LogP contribution in [-0.2, 0) is 0 Å². The van der Waals surface area contributed by atoms with E-state index in [-0.39, 0.29) is 5.56 Å². The highest BCUT2D eigenvalue weighted by Gasteiger charge is 2.25. The van der Waals surface area contributed by atoms with Gasteiger partial charge in [-0.1, -0.05) is 72.8 Å². The van der Waals surface area contributed by atoms with Gasteiger partial charge in [-0.15, -0.1) is 0 Å². The fraction of sp³-hybridized carbons (Fsp3) is 0. The first-order valence-corrected chi connectivity index (χ1v) is 14.2. The summed E-state index contributed by atoms with van der Waals surface area (Å²) in [4.78, 5) is 14.2. The van der Waals surface area contributed by atoms with E-state index in [1.54, 1.807) is 0 Å². The van der Waals surface area contributed by atoms with Gasteiger partial charge >= 0.3 is 0 Å². The lowest BCUT2D eigenvalue weighted by atomic mass is 10.0. The Labute approximate surface area is 238 Å². The first-order valence-electron chi connectivity index (χ1n) is 14.2. The molecule has 10 rings (SSSR count). The predicted molar refractivity (Wildman–Crippen MR) is 172 cm³/mol. The van der Waals surface area contributed by atoms with Gasteiger partial charge in [0.25, 0.3) is 5.56 Å². The van der Waals surface area contributed by atoms with Crippen LogP contribution < -0.4 is 5.56 Å². The molecular weight excluding hydrogens is 516 g/mol. The minimum absolute atomic E-state index is 0.00689. The van der Waals surface area contributed by atoms with Crippen LogP contribution in [0.5, 0.6) is 0 Å². The van der Waals surface area contributed by atoms with Crippen molar-refractivity contribution >= 4 is 65.8 Å². The normalized spacial score (nSPS) is 12.4. The van der Waals surface area contributed by atoms with Crippen LogP contribution in [0.3, 0.4) is 0 Å². The molecule has 0 N–H and O–H groups in total. The summed E-state index contributed by atoms with van der Waals surface area (Å²) in [5.74, 6) is 0. The maximum absolute atomic E-state index is 14.2. The molecule has 2 aromatic heterocycles. The molecule has 2 aliphatic rings. The van der Waals surface area contributed by atoms with Gasteiger partial charge < -0.3 is 13.5 Å². The molecule has 5 heteroatoms. The third-order valence-corrected chi connectivity index (χ3v) is 8.91. The van der Waals surface area contributed by atoms with Crippen LogP contribution in [-0.4, -0.2) is 17.9 Å². The van der Waals surface area contributed by atoms with E-state index < -0.39 is 0 Å². The number of aromatic nitrogens is 4. The molecule has 0 bridgehead atoms. The molecule has 0 spiro atoms. The van der Waals surface area contributed by atoms with Crippen LogP contribution in [0.1, 0.15) is 0 Å². The van der Waals surface area contributed by atoms with Crippen molar-refractivity contribution in [1.82, 2.24) is 17.9 Å². The largest absolute Gasteiger partial charge is 0.306 e. The molecule has 0 unspecified atom stereocenters. The third-order valence-electron chi connectivity index (χ3n) is 8.91. The van der Waals surface area contributed by atoms with Crippen LogP contribution in [0.2, 0.25) is 0 Å². The molecule has 196 valence electrons. The van der Waals surface area contributed by atoms with Crippen molar-refractivity contribution in [1.29, 1.82) is 0 Å². The van der Waals surface area contributed by atoms with E-state index in [9.17, 15) is 4.79 Å². The van der Waals surface area contributed by atoms with E-state index in [1.807, 2.05) is 22.6 Å². The predicted octanol–water partition coefficient (Wildman–Crippen LogP) is 8.34. The fourth-order valence-corrected chi connectivity index (χ4v) is 7.31. The van der Waals surface area contributed by atoms with E-state index in [1.165, 1.54) is 0 Å². The number of para-hydroxylation sites is 6. The van der Waals surface area contributed by atoms with Crippen molar-refractivity contribution in [2.45, 2.75) is 0 Å². The topological polar surface area (TPSA) is 35.8 Å². The standard InChI is InChI=1S/C37H22N4O/c42-37-26-14-5-4-13-24(26)25-15-8-18-29-34(25)41(37)33-22-10-20-31-36(33)40(29)32-21-9-19-30-35(32)39(31)28-17-7-6-16-27(28)38(30)23-11-2-1-3-12-23/h1-22H. The van der Waals surface area contributed by atoms with E-state index in [2.05, 4.69) is 129 Å². The maximum Gasteiger partial charge on any atom is 0.263 e. The molecule has 6 aromatic carbocycles. The summed E-state index contributed by atoms with van der Waals surface area (Å²) in [7, 11) is 0. The average molecular weight is 539 g/mol. The second kappa shape index (κ2) is 7.68. The number of hydrogen-bond donors (Lipinski definition) is 0. The highest BCUT2D eigenvalue weighted by atomic mass is 16.1. The van der Waals surface area contributed by atoms with E-state index in [0.717, 1.165) is 77.2 Å².